The van der Waals surface area contributed by atoms with Crippen LogP contribution >= 0.6 is 0 Å². The summed E-state index contributed by atoms with van der Waals surface area (Å²) in [6, 6.07) is 0. The maximum atomic E-state index is 3.33. The molecule has 2 nitrogen and oxygen atoms in total. The van der Waals surface area contributed by atoms with Gasteiger partial charge in [-0.3, -0.25) is 0 Å². The summed E-state index contributed by atoms with van der Waals surface area (Å²) in [5.74, 6) is 1.25. The number of allylic oxidation sites excluding steroid dienone is 2. The van der Waals surface area contributed by atoms with Gasteiger partial charge in [-0.15, -0.1) is 0 Å². The van der Waals surface area contributed by atoms with E-state index in [1.54, 1.807) is 0 Å². The van der Waals surface area contributed by atoms with Crippen molar-refractivity contribution in [1.29, 1.82) is 0 Å². The quantitative estimate of drug-likeness (QED) is 0.600. The van der Waals surface area contributed by atoms with Crippen LogP contribution in [0.1, 0.15) is 13.3 Å². The van der Waals surface area contributed by atoms with Crippen molar-refractivity contribution in [1.82, 2.24) is 10.2 Å². The lowest BCUT2D eigenvalue weighted by Crippen LogP contribution is -2.28. The molecular weight excluding hydrogens is 136 g/mol. The number of nitrogens with zero attached hydrogens (tertiary/aromatic N) is 1. The Kier molecular flexibility index (Phi) is 3.02. The van der Waals surface area contributed by atoms with Crippen molar-refractivity contribution in [3.8, 4) is 0 Å². The van der Waals surface area contributed by atoms with Crippen molar-refractivity contribution in [2.75, 3.05) is 20.1 Å². The molecule has 0 atom stereocenters. The molecule has 0 aromatic heterocycles. The largest absolute Gasteiger partial charge is 0.369 e. The highest BCUT2D eigenvalue weighted by atomic mass is 15.2. The average Bonchev–Trinajstić information content (AvgIpc) is 2.30. The molecule has 0 saturated carbocycles. The zero-order valence-corrected chi connectivity index (χ0v) is 7.30. The first kappa shape index (κ1) is 8.18. The van der Waals surface area contributed by atoms with Crippen molar-refractivity contribution < 1.29 is 0 Å². The third-order valence-corrected chi connectivity index (χ3v) is 1.90. The van der Waals surface area contributed by atoms with E-state index in [0.717, 1.165) is 19.5 Å². The van der Waals surface area contributed by atoms with Crippen molar-refractivity contribution in [3.05, 3.63) is 24.0 Å². The van der Waals surface area contributed by atoms with Crippen LogP contribution in [-0.2, 0) is 0 Å². The summed E-state index contributed by atoms with van der Waals surface area (Å²) in [5.41, 5.74) is 0. The fourth-order valence-corrected chi connectivity index (χ4v) is 1.06. The van der Waals surface area contributed by atoms with Crippen LogP contribution in [-0.4, -0.2) is 25.0 Å². The second kappa shape index (κ2) is 4.06. The summed E-state index contributed by atoms with van der Waals surface area (Å²) < 4.78 is 0. The summed E-state index contributed by atoms with van der Waals surface area (Å²) in [6.07, 6.45) is 7.61. The second-order valence-electron chi connectivity index (χ2n) is 2.69. The topological polar surface area (TPSA) is 15.3 Å². The van der Waals surface area contributed by atoms with Crippen LogP contribution in [0.3, 0.4) is 0 Å². The zero-order valence-electron chi connectivity index (χ0n) is 7.30. The standard InChI is InChI=1S/C9H16N2/c1-3-11(2)9-7-5-4-6-8-10-9/h4,6-7,10H,3,5,8H2,1-2H3. The molecule has 1 aliphatic rings. The highest BCUT2D eigenvalue weighted by Gasteiger charge is 2.00. The normalized spacial score (nSPS) is 16.7. The van der Waals surface area contributed by atoms with Crippen LogP contribution in [0.4, 0.5) is 0 Å². The van der Waals surface area contributed by atoms with E-state index in [0.29, 0.717) is 0 Å². The minimum atomic E-state index is 0.955. The van der Waals surface area contributed by atoms with Gasteiger partial charge < -0.3 is 10.2 Å². The van der Waals surface area contributed by atoms with Gasteiger partial charge in [-0.05, 0) is 19.4 Å². The lowest BCUT2D eigenvalue weighted by molar-refractivity contribution is 0.408. The predicted octanol–water partition coefficient (Wildman–Crippen LogP) is 1.33. The van der Waals surface area contributed by atoms with Crippen LogP contribution in [0.2, 0.25) is 0 Å². The third-order valence-electron chi connectivity index (χ3n) is 1.90. The van der Waals surface area contributed by atoms with Gasteiger partial charge in [0.2, 0.25) is 0 Å². The number of hydrogen-bond donors (Lipinski definition) is 1. The molecule has 62 valence electrons. The summed E-state index contributed by atoms with van der Waals surface area (Å²) in [6.45, 7) is 4.16. The Morgan fingerprint density at radius 1 is 1.55 bits per heavy atom. The first-order valence-corrected chi connectivity index (χ1v) is 4.14. The molecule has 2 heteroatoms. The minimum Gasteiger partial charge on any atom is -0.369 e. The molecule has 0 aliphatic carbocycles. The van der Waals surface area contributed by atoms with E-state index in [-0.39, 0.29) is 0 Å². The Morgan fingerprint density at radius 3 is 3.09 bits per heavy atom. The Morgan fingerprint density at radius 2 is 2.36 bits per heavy atom. The zero-order chi connectivity index (χ0) is 8.10. The van der Waals surface area contributed by atoms with E-state index in [2.05, 4.69) is 42.4 Å². The fourth-order valence-electron chi connectivity index (χ4n) is 1.06. The molecule has 0 bridgehead atoms. The second-order valence-corrected chi connectivity index (χ2v) is 2.69. The Bertz CT molecular complexity index is 170. The minimum absolute atomic E-state index is 0.955. The molecular formula is C9H16N2. The highest BCUT2D eigenvalue weighted by Crippen LogP contribution is 2.01. The van der Waals surface area contributed by atoms with Gasteiger partial charge in [0, 0.05) is 20.1 Å². The van der Waals surface area contributed by atoms with Crippen LogP contribution < -0.4 is 5.32 Å². The first-order chi connectivity index (χ1) is 5.34. The van der Waals surface area contributed by atoms with Gasteiger partial charge >= 0.3 is 0 Å². The van der Waals surface area contributed by atoms with E-state index in [9.17, 15) is 0 Å². The summed E-state index contributed by atoms with van der Waals surface area (Å²) in [7, 11) is 2.10. The first-order valence-electron chi connectivity index (χ1n) is 4.14. The van der Waals surface area contributed by atoms with Gasteiger partial charge in [-0.25, -0.2) is 0 Å². The maximum Gasteiger partial charge on any atom is 0.0974 e. The van der Waals surface area contributed by atoms with Crippen LogP contribution in [0.5, 0.6) is 0 Å². The number of rotatable bonds is 2. The Balaban J connectivity index is 2.51. The summed E-state index contributed by atoms with van der Waals surface area (Å²) in [5, 5.41) is 3.33. The van der Waals surface area contributed by atoms with Gasteiger partial charge in [0.1, 0.15) is 0 Å². The molecule has 0 amide bonds. The predicted molar refractivity (Wildman–Crippen MR) is 48.1 cm³/mol. The van der Waals surface area contributed by atoms with Crippen molar-refractivity contribution >= 4 is 0 Å². The molecule has 1 heterocycles. The Labute approximate surface area is 68.6 Å². The number of hydrogen-bond acceptors (Lipinski definition) is 2. The maximum absolute atomic E-state index is 3.33. The van der Waals surface area contributed by atoms with Crippen LogP contribution in [0, 0.1) is 0 Å². The highest BCUT2D eigenvalue weighted by molar-refractivity contribution is 5.07. The number of nitrogens with one attached hydrogen (secondary N) is 1. The summed E-state index contributed by atoms with van der Waals surface area (Å²) in [4.78, 5) is 2.22. The van der Waals surface area contributed by atoms with Crippen molar-refractivity contribution in [2.45, 2.75) is 13.3 Å². The molecule has 1 rings (SSSR count). The fraction of sp³-hybridized carbons (Fsp3) is 0.556. The van der Waals surface area contributed by atoms with E-state index >= 15 is 0 Å². The Hall–Kier alpha value is -0.920. The molecule has 1 aliphatic heterocycles. The van der Waals surface area contributed by atoms with Crippen LogP contribution in [0.15, 0.2) is 24.0 Å². The summed E-state index contributed by atoms with van der Waals surface area (Å²) >= 11 is 0. The van der Waals surface area contributed by atoms with Crippen molar-refractivity contribution in [2.24, 2.45) is 0 Å². The van der Waals surface area contributed by atoms with Gasteiger partial charge in [-0.1, -0.05) is 12.2 Å². The lowest BCUT2D eigenvalue weighted by atomic mass is 10.4. The van der Waals surface area contributed by atoms with E-state index in [4.69, 9.17) is 0 Å². The SMILES string of the molecule is CCN(C)C1=CCC=CCN1. The van der Waals surface area contributed by atoms with Gasteiger partial charge in [0.05, 0.1) is 5.82 Å². The van der Waals surface area contributed by atoms with Crippen molar-refractivity contribution in [3.63, 3.8) is 0 Å². The third kappa shape index (κ3) is 2.30. The monoisotopic (exact) mass is 152 g/mol. The average molecular weight is 152 g/mol. The molecule has 0 spiro atoms. The van der Waals surface area contributed by atoms with E-state index in [1.165, 1.54) is 5.82 Å². The molecule has 0 unspecified atom stereocenters. The van der Waals surface area contributed by atoms with E-state index in [1.807, 2.05) is 0 Å². The molecule has 0 radical (unpaired) electrons. The van der Waals surface area contributed by atoms with Gasteiger partial charge in [0.25, 0.3) is 0 Å². The molecule has 11 heavy (non-hydrogen) atoms. The van der Waals surface area contributed by atoms with Gasteiger partial charge in [0.15, 0.2) is 0 Å². The lowest BCUT2D eigenvalue weighted by Gasteiger charge is -2.20. The smallest absolute Gasteiger partial charge is 0.0974 e. The van der Waals surface area contributed by atoms with Crippen LogP contribution in [0.25, 0.3) is 0 Å². The molecule has 0 saturated heterocycles. The van der Waals surface area contributed by atoms with Gasteiger partial charge in [-0.2, -0.15) is 0 Å². The molecule has 0 aromatic carbocycles. The molecule has 0 fully saturated rings. The molecule has 1 N–H and O–H groups in total. The van der Waals surface area contributed by atoms with E-state index < -0.39 is 0 Å². The molecule has 0 aromatic rings.